The number of allylic oxidation sites excluding steroid dienone is 1. The van der Waals surface area contributed by atoms with Gasteiger partial charge in [-0.1, -0.05) is 37.3 Å². The van der Waals surface area contributed by atoms with Gasteiger partial charge in [0.1, 0.15) is 11.9 Å². The second kappa shape index (κ2) is 5.87. The summed E-state index contributed by atoms with van der Waals surface area (Å²) in [6.07, 6.45) is 2.88. The normalized spacial score (nSPS) is 11.6. The van der Waals surface area contributed by atoms with Gasteiger partial charge in [-0.25, -0.2) is 4.98 Å². The summed E-state index contributed by atoms with van der Waals surface area (Å²) in [5, 5.41) is 9.44. The highest BCUT2D eigenvalue weighted by Crippen LogP contribution is 2.20. The van der Waals surface area contributed by atoms with Gasteiger partial charge in [-0.15, -0.1) is 0 Å². The molecule has 3 rings (SSSR count). The van der Waals surface area contributed by atoms with Gasteiger partial charge in [0, 0.05) is 0 Å². The Labute approximate surface area is 129 Å². The molecule has 1 heterocycles. The van der Waals surface area contributed by atoms with Crippen LogP contribution in [0.4, 0.5) is 0 Å². The van der Waals surface area contributed by atoms with Gasteiger partial charge < -0.3 is 4.98 Å². The van der Waals surface area contributed by atoms with Crippen LogP contribution in [-0.4, -0.2) is 9.97 Å². The van der Waals surface area contributed by atoms with Gasteiger partial charge in [0.25, 0.3) is 0 Å². The van der Waals surface area contributed by atoms with Gasteiger partial charge in [0.05, 0.1) is 16.6 Å². The molecule has 22 heavy (non-hydrogen) atoms. The molecule has 1 N–H and O–H groups in total. The van der Waals surface area contributed by atoms with Crippen LogP contribution in [-0.2, 0) is 6.42 Å². The van der Waals surface area contributed by atoms with Crippen LogP contribution in [0, 0.1) is 18.3 Å². The first-order valence-electron chi connectivity index (χ1n) is 7.37. The van der Waals surface area contributed by atoms with E-state index in [0.717, 1.165) is 23.0 Å². The van der Waals surface area contributed by atoms with Crippen molar-refractivity contribution in [1.29, 1.82) is 5.26 Å². The quantitative estimate of drug-likeness (QED) is 0.721. The van der Waals surface area contributed by atoms with Crippen LogP contribution in [0.15, 0.2) is 42.5 Å². The summed E-state index contributed by atoms with van der Waals surface area (Å²) < 4.78 is 0. The number of benzene rings is 2. The summed E-state index contributed by atoms with van der Waals surface area (Å²) in [7, 11) is 0. The minimum atomic E-state index is 0.540. The monoisotopic (exact) mass is 287 g/mol. The maximum atomic E-state index is 9.44. The molecular weight excluding hydrogens is 270 g/mol. The largest absolute Gasteiger partial charge is 0.337 e. The Morgan fingerprint density at radius 3 is 2.68 bits per heavy atom. The lowest BCUT2D eigenvalue weighted by Gasteiger charge is -1.98. The van der Waals surface area contributed by atoms with E-state index in [1.54, 1.807) is 0 Å². The van der Waals surface area contributed by atoms with E-state index in [4.69, 9.17) is 0 Å². The SMILES string of the molecule is CCc1ccc(C=C(C#N)c2nc3ccc(C)cc3[nH]2)cc1. The minimum absolute atomic E-state index is 0.540. The molecule has 108 valence electrons. The Hall–Kier alpha value is -2.86. The van der Waals surface area contributed by atoms with Crippen LogP contribution in [0.3, 0.4) is 0 Å². The number of aromatic amines is 1. The number of rotatable bonds is 3. The van der Waals surface area contributed by atoms with Crippen molar-refractivity contribution in [3.63, 3.8) is 0 Å². The Kier molecular flexibility index (Phi) is 3.76. The summed E-state index contributed by atoms with van der Waals surface area (Å²) in [4.78, 5) is 7.74. The van der Waals surface area contributed by atoms with Crippen LogP contribution in [0.1, 0.15) is 29.4 Å². The third-order valence-corrected chi connectivity index (χ3v) is 3.71. The molecule has 0 aliphatic rings. The molecule has 0 amide bonds. The van der Waals surface area contributed by atoms with Gasteiger partial charge in [-0.3, -0.25) is 0 Å². The van der Waals surface area contributed by atoms with Crippen molar-refractivity contribution in [2.75, 3.05) is 0 Å². The third-order valence-electron chi connectivity index (χ3n) is 3.71. The van der Waals surface area contributed by atoms with Crippen molar-refractivity contribution in [2.24, 2.45) is 0 Å². The van der Waals surface area contributed by atoms with Crippen molar-refractivity contribution in [1.82, 2.24) is 9.97 Å². The first kappa shape index (κ1) is 14.1. The number of aromatic nitrogens is 2. The van der Waals surface area contributed by atoms with Crippen LogP contribution in [0.5, 0.6) is 0 Å². The molecule has 3 aromatic rings. The lowest BCUT2D eigenvalue weighted by Crippen LogP contribution is -1.85. The molecule has 0 aliphatic carbocycles. The van der Waals surface area contributed by atoms with Gasteiger partial charge >= 0.3 is 0 Å². The first-order chi connectivity index (χ1) is 10.7. The average molecular weight is 287 g/mol. The zero-order valence-corrected chi connectivity index (χ0v) is 12.7. The highest BCUT2D eigenvalue weighted by molar-refractivity contribution is 5.90. The van der Waals surface area contributed by atoms with Crippen LogP contribution >= 0.6 is 0 Å². The Balaban J connectivity index is 2.01. The maximum Gasteiger partial charge on any atom is 0.149 e. The number of imidazole rings is 1. The third kappa shape index (κ3) is 2.77. The molecule has 0 fully saturated rings. The zero-order chi connectivity index (χ0) is 15.5. The second-order valence-corrected chi connectivity index (χ2v) is 5.37. The van der Waals surface area contributed by atoms with Crippen molar-refractivity contribution < 1.29 is 0 Å². The molecule has 0 atom stereocenters. The number of fused-ring (bicyclic) bond motifs is 1. The number of H-pyrrole nitrogens is 1. The van der Waals surface area contributed by atoms with E-state index < -0.39 is 0 Å². The number of nitrogens with zero attached hydrogens (tertiary/aromatic N) is 2. The van der Waals surface area contributed by atoms with E-state index in [2.05, 4.69) is 35.1 Å². The molecule has 0 unspecified atom stereocenters. The van der Waals surface area contributed by atoms with Crippen LogP contribution < -0.4 is 0 Å². The zero-order valence-electron chi connectivity index (χ0n) is 12.7. The average Bonchev–Trinajstić information content (AvgIpc) is 2.96. The molecule has 2 aromatic carbocycles. The van der Waals surface area contributed by atoms with E-state index in [9.17, 15) is 5.26 Å². The molecule has 3 heteroatoms. The van der Waals surface area contributed by atoms with Crippen molar-refractivity contribution in [3.05, 3.63) is 65.0 Å². The fourth-order valence-electron chi connectivity index (χ4n) is 2.42. The molecule has 0 saturated carbocycles. The molecule has 0 aliphatic heterocycles. The van der Waals surface area contributed by atoms with Gasteiger partial charge in [-0.05, 0) is 48.2 Å². The molecular formula is C19H17N3. The predicted octanol–water partition coefficient (Wildman–Crippen LogP) is 4.50. The highest BCUT2D eigenvalue weighted by atomic mass is 14.9. The summed E-state index contributed by atoms with van der Waals surface area (Å²) >= 11 is 0. The Bertz CT molecular complexity index is 877. The standard InChI is InChI=1S/C19H17N3/c1-3-14-5-7-15(8-6-14)11-16(12-20)19-21-17-9-4-13(2)10-18(17)22-19/h4-11H,3H2,1-2H3,(H,21,22). The van der Waals surface area contributed by atoms with Gasteiger partial charge in [0.15, 0.2) is 0 Å². The highest BCUT2D eigenvalue weighted by Gasteiger charge is 2.08. The topological polar surface area (TPSA) is 52.5 Å². The Morgan fingerprint density at radius 1 is 1.23 bits per heavy atom. The summed E-state index contributed by atoms with van der Waals surface area (Å²) in [6, 6.07) is 16.5. The summed E-state index contributed by atoms with van der Waals surface area (Å²) in [5.74, 6) is 0.614. The minimum Gasteiger partial charge on any atom is -0.337 e. The maximum absolute atomic E-state index is 9.44. The van der Waals surface area contributed by atoms with Crippen LogP contribution in [0.2, 0.25) is 0 Å². The summed E-state index contributed by atoms with van der Waals surface area (Å²) in [5.41, 5.74) is 5.83. The van der Waals surface area contributed by atoms with Crippen molar-refractivity contribution in [2.45, 2.75) is 20.3 Å². The summed E-state index contributed by atoms with van der Waals surface area (Å²) in [6.45, 7) is 4.16. The lowest BCUT2D eigenvalue weighted by molar-refractivity contribution is 1.14. The van der Waals surface area contributed by atoms with E-state index in [1.807, 2.05) is 43.3 Å². The van der Waals surface area contributed by atoms with E-state index >= 15 is 0 Å². The predicted molar refractivity (Wildman–Crippen MR) is 90.1 cm³/mol. The second-order valence-electron chi connectivity index (χ2n) is 5.37. The fraction of sp³-hybridized carbons (Fsp3) is 0.158. The number of hydrogen-bond acceptors (Lipinski definition) is 2. The molecule has 0 saturated heterocycles. The smallest absolute Gasteiger partial charge is 0.149 e. The fourth-order valence-corrected chi connectivity index (χ4v) is 2.42. The van der Waals surface area contributed by atoms with E-state index in [0.29, 0.717) is 11.4 Å². The Morgan fingerprint density at radius 2 is 2.00 bits per heavy atom. The number of nitrogens with one attached hydrogen (secondary N) is 1. The van der Waals surface area contributed by atoms with Gasteiger partial charge in [-0.2, -0.15) is 5.26 Å². The molecule has 0 radical (unpaired) electrons. The van der Waals surface area contributed by atoms with Crippen molar-refractivity contribution in [3.8, 4) is 6.07 Å². The van der Waals surface area contributed by atoms with Crippen LogP contribution in [0.25, 0.3) is 22.7 Å². The first-order valence-corrected chi connectivity index (χ1v) is 7.37. The molecule has 0 spiro atoms. The number of nitriles is 1. The van der Waals surface area contributed by atoms with E-state index in [-0.39, 0.29) is 0 Å². The van der Waals surface area contributed by atoms with Gasteiger partial charge in [0.2, 0.25) is 0 Å². The molecule has 0 bridgehead atoms. The van der Waals surface area contributed by atoms with E-state index in [1.165, 1.54) is 11.1 Å². The number of hydrogen-bond donors (Lipinski definition) is 1. The molecule has 3 nitrogen and oxygen atoms in total. The molecule has 1 aromatic heterocycles. The lowest BCUT2D eigenvalue weighted by atomic mass is 10.1. The number of aryl methyl sites for hydroxylation is 2. The van der Waals surface area contributed by atoms with Crippen molar-refractivity contribution >= 4 is 22.7 Å².